The van der Waals surface area contributed by atoms with Gasteiger partial charge in [-0.05, 0) is 24.3 Å². The fraction of sp³-hybridized carbons (Fsp3) is 0.167. The Morgan fingerprint density at radius 3 is 2.47 bits per heavy atom. The van der Waals surface area contributed by atoms with E-state index in [1.54, 1.807) is 19.2 Å². The highest BCUT2D eigenvalue weighted by molar-refractivity contribution is 5.55. The van der Waals surface area contributed by atoms with E-state index in [-0.39, 0.29) is 17.9 Å². The zero-order chi connectivity index (χ0) is 12.4. The minimum absolute atomic E-state index is 0.0650. The number of nitrogens with zero attached hydrogens (tertiary/aromatic N) is 1. The lowest BCUT2D eigenvalue weighted by molar-refractivity contribution is 0.502. The van der Waals surface area contributed by atoms with Gasteiger partial charge >= 0.3 is 0 Å². The predicted octanol–water partition coefficient (Wildman–Crippen LogP) is 2.78. The average Bonchev–Trinajstić information content (AvgIpc) is 2.68. The lowest BCUT2D eigenvalue weighted by Gasteiger charge is -2.19. The summed E-state index contributed by atoms with van der Waals surface area (Å²) in [6.07, 6.45) is 1.51. The molecule has 3 nitrogen and oxygen atoms in total. The van der Waals surface area contributed by atoms with Gasteiger partial charge in [0.05, 0.1) is 12.8 Å². The van der Waals surface area contributed by atoms with Crippen LogP contribution in [0.1, 0.15) is 5.76 Å². The van der Waals surface area contributed by atoms with Crippen molar-refractivity contribution in [1.82, 2.24) is 0 Å². The zero-order valence-corrected chi connectivity index (χ0v) is 9.28. The van der Waals surface area contributed by atoms with Crippen LogP contribution in [0.3, 0.4) is 0 Å². The molecule has 0 radical (unpaired) electrons. The van der Waals surface area contributed by atoms with Crippen LogP contribution in [-0.4, -0.2) is 7.05 Å². The number of rotatable bonds is 3. The zero-order valence-electron chi connectivity index (χ0n) is 9.28. The molecule has 0 unspecified atom stereocenters. The minimum Gasteiger partial charge on any atom is -0.467 e. The molecule has 0 bridgehead atoms. The quantitative estimate of drug-likeness (QED) is 0.836. The van der Waals surface area contributed by atoms with Gasteiger partial charge in [0.25, 0.3) is 0 Å². The third-order valence-electron chi connectivity index (χ3n) is 2.39. The largest absolute Gasteiger partial charge is 0.467 e. The fourth-order valence-corrected chi connectivity index (χ4v) is 1.67. The molecule has 0 amide bonds. The number of anilines is 2. The summed E-state index contributed by atoms with van der Waals surface area (Å²) < 4.78 is 32.3. The maximum atomic E-state index is 13.6. The molecule has 2 aromatic rings. The minimum atomic E-state index is -0.684. The molecule has 90 valence electrons. The molecule has 1 heterocycles. The van der Waals surface area contributed by atoms with Gasteiger partial charge in [-0.3, -0.25) is 0 Å². The summed E-state index contributed by atoms with van der Waals surface area (Å²) >= 11 is 0. The van der Waals surface area contributed by atoms with E-state index in [0.29, 0.717) is 5.76 Å². The predicted molar refractivity (Wildman–Crippen MR) is 61.6 cm³/mol. The monoisotopic (exact) mass is 238 g/mol. The smallest absolute Gasteiger partial charge is 0.151 e. The van der Waals surface area contributed by atoms with E-state index >= 15 is 0 Å². The van der Waals surface area contributed by atoms with Crippen LogP contribution >= 0.6 is 0 Å². The molecular formula is C12H12F2N2O. The van der Waals surface area contributed by atoms with Crippen molar-refractivity contribution in [2.24, 2.45) is 0 Å². The van der Waals surface area contributed by atoms with E-state index in [2.05, 4.69) is 0 Å². The van der Waals surface area contributed by atoms with E-state index in [1.165, 1.54) is 11.2 Å². The highest BCUT2D eigenvalue weighted by Gasteiger charge is 2.15. The average molecular weight is 238 g/mol. The van der Waals surface area contributed by atoms with Crippen molar-refractivity contribution in [2.75, 3.05) is 17.7 Å². The lowest BCUT2D eigenvalue weighted by atomic mass is 10.2. The van der Waals surface area contributed by atoms with E-state index in [1.807, 2.05) is 0 Å². The molecule has 0 aliphatic heterocycles. The number of nitrogen functional groups attached to an aromatic ring is 1. The second-order valence-corrected chi connectivity index (χ2v) is 3.77. The molecule has 1 aromatic heterocycles. The first-order valence-electron chi connectivity index (χ1n) is 5.06. The molecule has 2 N–H and O–H groups in total. The molecule has 17 heavy (non-hydrogen) atoms. The number of benzene rings is 1. The maximum absolute atomic E-state index is 13.6. The number of halogens is 2. The second-order valence-electron chi connectivity index (χ2n) is 3.77. The van der Waals surface area contributed by atoms with Crippen LogP contribution in [0.5, 0.6) is 0 Å². The van der Waals surface area contributed by atoms with Crippen molar-refractivity contribution in [1.29, 1.82) is 0 Å². The topological polar surface area (TPSA) is 42.4 Å². The first kappa shape index (κ1) is 11.4. The Morgan fingerprint density at radius 2 is 1.94 bits per heavy atom. The van der Waals surface area contributed by atoms with Crippen LogP contribution in [0, 0.1) is 11.6 Å². The van der Waals surface area contributed by atoms with Gasteiger partial charge in [0.15, 0.2) is 11.6 Å². The van der Waals surface area contributed by atoms with Gasteiger partial charge < -0.3 is 15.1 Å². The third kappa shape index (κ3) is 2.38. The fourth-order valence-electron chi connectivity index (χ4n) is 1.67. The summed E-state index contributed by atoms with van der Waals surface area (Å²) in [5.74, 6) is -0.740. The molecule has 0 fully saturated rings. The Balaban J connectivity index is 2.27. The number of furan rings is 1. The molecule has 0 saturated carbocycles. The van der Waals surface area contributed by atoms with E-state index in [9.17, 15) is 8.78 Å². The van der Waals surface area contributed by atoms with Crippen molar-refractivity contribution < 1.29 is 13.2 Å². The highest BCUT2D eigenvalue weighted by atomic mass is 19.1. The Bertz CT molecular complexity index is 488. The molecule has 0 spiro atoms. The summed E-state index contributed by atoms with van der Waals surface area (Å²) in [4.78, 5) is 1.43. The highest BCUT2D eigenvalue weighted by Crippen LogP contribution is 2.26. The summed E-state index contributed by atoms with van der Waals surface area (Å²) in [7, 11) is 1.58. The Hall–Kier alpha value is -2.04. The van der Waals surface area contributed by atoms with E-state index in [0.717, 1.165) is 12.1 Å². The Morgan fingerprint density at radius 1 is 1.29 bits per heavy atom. The summed E-state index contributed by atoms with van der Waals surface area (Å²) in [5, 5.41) is 0. The molecule has 0 saturated heterocycles. The second kappa shape index (κ2) is 4.45. The summed E-state index contributed by atoms with van der Waals surface area (Å²) in [6, 6.07) is 5.65. The maximum Gasteiger partial charge on any atom is 0.151 e. The van der Waals surface area contributed by atoms with Crippen LogP contribution in [0.4, 0.5) is 20.2 Å². The van der Waals surface area contributed by atoms with Crippen LogP contribution in [0.25, 0.3) is 0 Å². The van der Waals surface area contributed by atoms with Crippen molar-refractivity contribution in [3.63, 3.8) is 0 Å². The summed E-state index contributed by atoms with van der Waals surface area (Å²) in [6.45, 7) is 0.282. The Labute approximate surface area is 97.4 Å². The lowest BCUT2D eigenvalue weighted by Crippen LogP contribution is -2.19. The van der Waals surface area contributed by atoms with Gasteiger partial charge in [-0.1, -0.05) is 0 Å². The molecule has 1 aromatic carbocycles. The Kier molecular flexibility index (Phi) is 2.99. The number of nitrogens with two attached hydrogens (primary N) is 1. The van der Waals surface area contributed by atoms with Crippen LogP contribution in [0.2, 0.25) is 0 Å². The van der Waals surface area contributed by atoms with Crippen LogP contribution in [0.15, 0.2) is 34.9 Å². The summed E-state index contributed by atoms with van der Waals surface area (Å²) in [5.41, 5.74) is 5.30. The molecule has 2 rings (SSSR count). The van der Waals surface area contributed by atoms with Gasteiger partial charge in [-0.15, -0.1) is 0 Å². The van der Waals surface area contributed by atoms with Crippen LogP contribution < -0.4 is 10.6 Å². The van der Waals surface area contributed by atoms with E-state index < -0.39 is 11.6 Å². The SMILES string of the molecule is CN(Cc1ccco1)c1c(F)cc(N)cc1F. The van der Waals surface area contributed by atoms with Gasteiger partial charge in [-0.25, -0.2) is 8.78 Å². The standard InChI is InChI=1S/C12H12F2N2O/c1-16(7-9-3-2-4-17-9)12-10(13)5-8(15)6-11(12)14/h2-6H,7,15H2,1H3. The van der Waals surface area contributed by atoms with Crippen molar-refractivity contribution in [3.05, 3.63) is 47.9 Å². The van der Waals surface area contributed by atoms with Gasteiger partial charge in [0, 0.05) is 12.7 Å². The number of hydrogen-bond acceptors (Lipinski definition) is 3. The third-order valence-corrected chi connectivity index (χ3v) is 2.39. The van der Waals surface area contributed by atoms with Crippen molar-refractivity contribution in [2.45, 2.75) is 6.54 Å². The van der Waals surface area contributed by atoms with Crippen molar-refractivity contribution >= 4 is 11.4 Å². The van der Waals surface area contributed by atoms with Gasteiger partial charge in [0.1, 0.15) is 11.4 Å². The van der Waals surface area contributed by atoms with Gasteiger partial charge in [-0.2, -0.15) is 0 Å². The van der Waals surface area contributed by atoms with Gasteiger partial charge in [0.2, 0.25) is 0 Å². The first-order chi connectivity index (χ1) is 8.08. The molecular weight excluding hydrogens is 226 g/mol. The number of hydrogen-bond donors (Lipinski definition) is 1. The molecule has 0 aliphatic carbocycles. The first-order valence-corrected chi connectivity index (χ1v) is 5.06. The van der Waals surface area contributed by atoms with E-state index in [4.69, 9.17) is 10.2 Å². The van der Waals surface area contributed by atoms with Crippen molar-refractivity contribution in [3.8, 4) is 0 Å². The normalized spacial score (nSPS) is 10.5. The molecule has 0 aliphatic rings. The van der Waals surface area contributed by atoms with Crippen LogP contribution in [-0.2, 0) is 6.54 Å². The molecule has 0 atom stereocenters. The molecule has 5 heteroatoms.